The lowest BCUT2D eigenvalue weighted by molar-refractivity contribution is 0.119. The molecule has 0 amide bonds. The zero-order chi connectivity index (χ0) is 7.56. The SMILES string of the molecule is CC(C)CN1CC(C#N)C1. The first kappa shape index (κ1) is 7.56. The van der Waals surface area contributed by atoms with Crippen LogP contribution in [0.3, 0.4) is 0 Å². The number of nitrogens with zero attached hydrogens (tertiary/aromatic N) is 2. The van der Waals surface area contributed by atoms with Gasteiger partial charge in [-0.2, -0.15) is 5.26 Å². The van der Waals surface area contributed by atoms with E-state index in [0.717, 1.165) is 25.6 Å². The lowest BCUT2D eigenvalue weighted by Gasteiger charge is -2.36. The van der Waals surface area contributed by atoms with E-state index >= 15 is 0 Å². The molecule has 1 fully saturated rings. The molecule has 2 nitrogen and oxygen atoms in total. The predicted molar refractivity (Wildman–Crippen MR) is 40.4 cm³/mol. The largest absolute Gasteiger partial charge is 0.300 e. The van der Waals surface area contributed by atoms with E-state index in [-0.39, 0.29) is 0 Å². The molecule has 0 aromatic rings. The van der Waals surface area contributed by atoms with Crippen LogP contribution >= 0.6 is 0 Å². The van der Waals surface area contributed by atoms with Crippen molar-refractivity contribution in [1.82, 2.24) is 4.90 Å². The summed E-state index contributed by atoms with van der Waals surface area (Å²) in [7, 11) is 0. The summed E-state index contributed by atoms with van der Waals surface area (Å²) in [5, 5.41) is 8.46. The standard InChI is InChI=1S/C8H14N2/c1-7(2)4-10-5-8(3-9)6-10/h7-8H,4-6H2,1-2H3. The molecule has 0 bridgehead atoms. The Hall–Kier alpha value is -0.550. The molecule has 0 atom stereocenters. The number of rotatable bonds is 2. The van der Waals surface area contributed by atoms with Crippen LogP contribution in [0.5, 0.6) is 0 Å². The lowest BCUT2D eigenvalue weighted by Crippen LogP contribution is -2.47. The second kappa shape index (κ2) is 3.03. The molecule has 1 rings (SSSR count). The maximum atomic E-state index is 8.46. The van der Waals surface area contributed by atoms with Crippen molar-refractivity contribution in [2.24, 2.45) is 11.8 Å². The van der Waals surface area contributed by atoms with Gasteiger partial charge in [-0.3, -0.25) is 0 Å². The highest BCUT2D eigenvalue weighted by molar-refractivity contribution is 4.94. The summed E-state index contributed by atoms with van der Waals surface area (Å²) >= 11 is 0. The topological polar surface area (TPSA) is 27.0 Å². The Balaban J connectivity index is 2.10. The minimum Gasteiger partial charge on any atom is -0.300 e. The molecule has 1 aliphatic heterocycles. The summed E-state index contributed by atoms with van der Waals surface area (Å²) in [6, 6.07) is 2.26. The van der Waals surface area contributed by atoms with Crippen LogP contribution in [-0.2, 0) is 0 Å². The van der Waals surface area contributed by atoms with Crippen molar-refractivity contribution in [2.45, 2.75) is 13.8 Å². The van der Waals surface area contributed by atoms with Gasteiger partial charge in [-0.05, 0) is 5.92 Å². The Kier molecular flexibility index (Phi) is 2.29. The molecule has 10 heavy (non-hydrogen) atoms. The van der Waals surface area contributed by atoms with Gasteiger partial charge in [-0.15, -0.1) is 0 Å². The Morgan fingerprint density at radius 1 is 1.60 bits per heavy atom. The summed E-state index contributed by atoms with van der Waals surface area (Å²) in [5.41, 5.74) is 0. The fourth-order valence-corrected chi connectivity index (χ4v) is 1.32. The van der Waals surface area contributed by atoms with Gasteiger partial charge in [-0.25, -0.2) is 0 Å². The van der Waals surface area contributed by atoms with Crippen molar-refractivity contribution < 1.29 is 0 Å². The number of likely N-dealkylation sites (tertiary alicyclic amines) is 1. The average molecular weight is 138 g/mol. The van der Waals surface area contributed by atoms with Crippen molar-refractivity contribution in [1.29, 1.82) is 5.26 Å². The maximum absolute atomic E-state index is 8.46. The average Bonchev–Trinajstić information content (AvgIpc) is 1.76. The third kappa shape index (κ3) is 1.71. The molecule has 0 aromatic heterocycles. The highest BCUT2D eigenvalue weighted by atomic mass is 15.2. The first-order valence-corrected chi connectivity index (χ1v) is 3.84. The molecule has 0 radical (unpaired) electrons. The second-order valence-electron chi connectivity index (χ2n) is 3.44. The summed E-state index contributed by atoms with van der Waals surface area (Å²) in [6.45, 7) is 7.56. The Morgan fingerprint density at radius 2 is 2.20 bits per heavy atom. The van der Waals surface area contributed by atoms with Crippen LogP contribution < -0.4 is 0 Å². The zero-order valence-corrected chi connectivity index (χ0v) is 6.67. The third-order valence-corrected chi connectivity index (χ3v) is 1.76. The molecule has 0 N–H and O–H groups in total. The summed E-state index contributed by atoms with van der Waals surface area (Å²) < 4.78 is 0. The molecule has 0 unspecified atom stereocenters. The smallest absolute Gasteiger partial charge is 0.0717 e. The first-order valence-electron chi connectivity index (χ1n) is 3.84. The Bertz CT molecular complexity index is 140. The van der Waals surface area contributed by atoms with Crippen molar-refractivity contribution in [2.75, 3.05) is 19.6 Å². The fraction of sp³-hybridized carbons (Fsp3) is 0.875. The molecule has 1 aliphatic rings. The van der Waals surface area contributed by atoms with Crippen LogP contribution in [-0.4, -0.2) is 24.5 Å². The quantitative estimate of drug-likeness (QED) is 0.571. The first-order chi connectivity index (χ1) is 4.72. The van der Waals surface area contributed by atoms with E-state index in [0.29, 0.717) is 5.92 Å². The summed E-state index contributed by atoms with van der Waals surface area (Å²) in [5.74, 6) is 1.05. The van der Waals surface area contributed by atoms with E-state index in [2.05, 4.69) is 24.8 Å². The van der Waals surface area contributed by atoms with Gasteiger partial charge in [0, 0.05) is 19.6 Å². The monoisotopic (exact) mass is 138 g/mol. The van der Waals surface area contributed by atoms with E-state index in [1.165, 1.54) is 0 Å². The van der Waals surface area contributed by atoms with Gasteiger partial charge in [0.25, 0.3) is 0 Å². The maximum Gasteiger partial charge on any atom is 0.0717 e. The summed E-state index contributed by atoms with van der Waals surface area (Å²) in [6.07, 6.45) is 0. The van der Waals surface area contributed by atoms with Crippen LogP contribution in [0.15, 0.2) is 0 Å². The van der Waals surface area contributed by atoms with E-state index in [4.69, 9.17) is 5.26 Å². The van der Waals surface area contributed by atoms with Crippen LogP contribution in [0.4, 0.5) is 0 Å². The number of nitriles is 1. The zero-order valence-electron chi connectivity index (χ0n) is 6.67. The van der Waals surface area contributed by atoms with Gasteiger partial charge in [0.15, 0.2) is 0 Å². The van der Waals surface area contributed by atoms with Gasteiger partial charge in [0.1, 0.15) is 0 Å². The van der Waals surface area contributed by atoms with Crippen molar-refractivity contribution >= 4 is 0 Å². The minimum absolute atomic E-state index is 0.318. The highest BCUT2D eigenvalue weighted by Crippen LogP contribution is 2.15. The normalized spacial score (nSPS) is 20.6. The van der Waals surface area contributed by atoms with Crippen molar-refractivity contribution in [3.8, 4) is 6.07 Å². The fourth-order valence-electron chi connectivity index (χ4n) is 1.32. The molecule has 2 heteroatoms. The molecule has 1 saturated heterocycles. The minimum atomic E-state index is 0.318. The Labute approximate surface area is 62.4 Å². The van der Waals surface area contributed by atoms with Crippen molar-refractivity contribution in [3.63, 3.8) is 0 Å². The van der Waals surface area contributed by atoms with Crippen LogP contribution in [0.1, 0.15) is 13.8 Å². The molecule has 0 aliphatic carbocycles. The molecule has 0 saturated carbocycles. The van der Waals surface area contributed by atoms with Crippen LogP contribution in [0.25, 0.3) is 0 Å². The number of hydrogen-bond acceptors (Lipinski definition) is 2. The van der Waals surface area contributed by atoms with Gasteiger partial charge >= 0.3 is 0 Å². The van der Waals surface area contributed by atoms with Crippen LogP contribution in [0, 0.1) is 23.2 Å². The summed E-state index contributed by atoms with van der Waals surface area (Å²) in [4.78, 5) is 2.33. The predicted octanol–water partition coefficient (Wildman–Crippen LogP) is 1.10. The van der Waals surface area contributed by atoms with E-state index in [9.17, 15) is 0 Å². The van der Waals surface area contributed by atoms with Gasteiger partial charge in [0.05, 0.1) is 12.0 Å². The highest BCUT2D eigenvalue weighted by Gasteiger charge is 2.25. The van der Waals surface area contributed by atoms with E-state index in [1.54, 1.807) is 0 Å². The van der Waals surface area contributed by atoms with E-state index < -0.39 is 0 Å². The van der Waals surface area contributed by atoms with Gasteiger partial charge in [-0.1, -0.05) is 13.8 Å². The second-order valence-corrected chi connectivity index (χ2v) is 3.44. The van der Waals surface area contributed by atoms with Crippen molar-refractivity contribution in [3.05, 3.63) is 0 Å². The van der Waals surface area contributed by atoms with Gasteiger partial charge < -0.3 is 4.90 Å². The molecular formula is C8H14N2. The molecule has 0 spiro atoms. The van der Waals surface area contributed by atoms with E-state index in [1.807, 2.05) is 0 Å². The van der Waals surface area contributed by atoms with Crippen LogP contribution in [0.2, 0.25) is 0 Å². The molecule has 0 aromatic carbocycles. The molecular weight excluding hydrogens is 124 g/mol. The lowest BCUT2D eigenvalue weighted by atomic mass is 10.0. The van der Waals surface area contributed by atoms with Gasteiger partial charge in [0.2, 0.25) is 0 Å². The third-order valence-electron chi connectivity index (χ3n) is 1.76. The molecule has 1 heterocycles. The molecule has 56 valence electrons. The number of hydrogen-bond donors (Lipinski definition) is 0. The Morgan fingerprint density at radius 3 is 2.60 bits per heavy atom.